The fourth-order valence-corrected chi connectivity index (χ4v) is 2.62. The van der Waals surface area contributed by atoms with Crippen LogP contribution in [-0.2, 0) is 6.54 Å². The number of rotatable bonds is 6. The first-order valence-corrected chi connectivity index (χ1v) is 8.32. The van der Waals surface area contributed by atoms with E-state index in [9.17, 15) is 4.79 Å². The number of carbonyl (C=O) groups is 1. The van der Waals surface area contributed by atoms with Gasteiger partial charge in [0.1, 0.15) is 11.3 Å². The normalized spacial score (nSPS) is 10.7. The molecular formula is C20H17N3O4. The summed E-state index contributed by atoms with van der Waals surface area (Å²) in [6, 6.07) is 14.5. The molecule has 27 heavy (non-hydrogen) atoms. The maximum Gasteiger partial charge on any atom is 0.302 e. The van der Waals surface area contributed by atoms with Crippen molar-refractivity contribution in [2.45, 2.75) is 6.54 Å². The van der Waals surface area contributed by atoms with Gasteiger partial charge < -0.3 is 18.9 Å². The van der Waals surface area contributed by atoms with E-state index in [0.717, 1.165) is 11.3 Å². The number of furan rings is 1. The standard InChI is InChI=1S/C20H17N3O4/c1-25-16-4-2-3-14(9-16)19(24)23-20-22-17-10-15(5-6-18(17)27-20)21-11-13-7-8-26-12-13/h2-10,12,21H,11H2,1H3,(H,22,23,24). The van der Waals surface area contributed by atoms with Crippen molar-refractivity contribution in [3.05, 3.63) is 72.2 Å². The zero-order valence-corrected chi connectivity index (χ0v) is 14.6. The van der Waals surface area contributed by atoms with E-state index in [4.69, 9.17) is 13.6 Å². The summed E-state index contributed by atoms with van der Waals surface area (Å²) in [7, 11) is 1.55. The van der Waals surface area contributed by atoms with Gasteiger partial charge in [0.05, 0.1) is 19.6 Å². The highest BCUT2D eigenvalue weighted by molar-refractivity contribution is 6.03. The van der Waals surface area contributed by atoms with Crippen LogP contribution in [0.5, 0.6) is 5.75 Å². The monoisotopic (exact) mass is 363 g/mol. The van der Waals surface area contributed by atoms with Crippen LogP contribution in [-0.4, -0.2) is 18.0 Å². The molecule has 2 heterocycles. The van der Waals surface area contributed by atoms with Gasteiger partial charge >= 0.3 is 6.01 Å². The van der Waals surface area contributed by atoms with Crippen molar-refractivity contribution >= 4 is 28.7 Å². The molecule has 0 aliphatic carbocycles. The Morgan fingerprint density at radius 1 is 1.19 bits per heavy atom. The third kappa shape index (κ3) is 3.77. The van der Waals surface area contributed by atoms with Gasteiger partial charge in [-0.25, -0.2) is 0 Å². The maximum absolute atomic E-state index is 12.4. The number of ether oxygens (including phenoxy) is 1. The van der Waals surface area contributed by atoms with Gasteiger partial charge in [0.15, 0.2) is 5.58 Å². The Balaban J connectivity index is 1.48. The fourth-order valence-electron chi connectivity index (χ4n) is 2.62. The van der Waals surface area contributed by atoms with Crippen molar-refractivity contribution in [3.63, 3.8) is 0 Å². The fraction of sp³-hybridized carbons (Fsp3) is 0.100. The Labute approximate surface area is 155 Å². The van der Waals surface area contributed by atoms with Gasteiger partial charge in [0.2, 0.25) is 0 Å². The molecule has 2 aromatic carbocycles. The molecule has 4 rings (SSSR count). The molecule has 4 aromatic rings. The molecule has 0 fully saturated rings. The molecule has 2 N–H and O–H groups in total. The van der Waals surface area contributed by atoms with E-state index < -0.39 is 0 Å². The second-order valence-electron chi connectivity index (χ2n) is 5.87. The zero-order valence-electron chi connectivity index (χ0n) is 14.6. The number of benzene rings is 2. The van der Waals surface area contributed by atoms with Gasteiger partial charge in [-0.1, -0.05) is 6.07 Å². The number of nitrogens with one attached hydrogen (secondary N) is 2. The molecule has 0 aliphatic heterocycles. The molecule has 0 unspecified atom stereocenters. The molecule has 136 valence electrons. The lowest BCUT2D eigenvalue weighted by Crippen LogP contribution is -2.12. The van der Waals surface area contributed by atoms with Gasteiger partial charge in [0.25, 0.3) is 5.91 Å². The Morgan fingerprint density at radius 3 is 2.93 bits per heavy atom. The van der Waals surface area contributed by atoms with Gasteiger partial charge in [-0.05, 0) is 42.5 Å². The predicted molar refractivity (Wildman–Crippen MR) is 101 cm³/mol. The van der Waals surface area contributed by atoms with Gasteiger partial charge in [-0.3, -0.25) is 10.1 Å². The van der Waals surface area contributed by atoms with Crippen LogP contribution in [0.2, 0.25) is 0 Å². The van der Waals surface area contributed by atoms with Crippen LogP contribution >= 0.6 is 0 Å². The van der Waals surface area contributed by atoms with Gasteiger partial charge in [0, 0.05) is 23.4 Å². The summed E-state index contributed by atoms with van der Waals surface area (Å²) >= 11 is 0. The van der Waals surface area contributed by atoms with E-state index in [1.165, 1.54) is 0 Å². The lowest BCUT2D eigenvalue weighted by atomic mass is 10.2. The van der Waals surface area contributed by atoms with Crippen LogP contribution in [0.15, 0.2) is 69.9 Å². The molecule has 2 aromatic heterocycles. The third-order valence-electron chi connectivity index (χ3n) is 4.02. The van der Waals surface area contributed by atoms with Crippen LogP contribution in [0.25, 0.3) is 11.1 Å². The molecule has 0 spiro atoms. The van der Waals surface area contributed by atoms with Crippen molar-refractivity contribution < 1.29 is 18.4 Å². The Kier molecular flexibility index (Phi) is 4.49. The van der Waals surface area contributed by atoms with Crippen molar-refractivity contribution in [2.75, 3.05) is 17.7 Å². The molecule has 0 aliphatic rings. The zero-order chi connectivity index (χ0) is 18.6. The second-order valence-corrected chi connectivity index (χ2v) is 5.87. The lowest BCUT2D eigenvalue weighted by molar-refractivity contribution is 0.102. The first-order chi connectivity index (χ1) is 13.2. The Hall–Kier alpha value is -3.74. The number of hydrogen-bond acceptors (Lipinski definition) is 6. The topological polar surface area (TPSA) is 89.5 Å². The van der Waals surface area contributed by atoms with Crippen molar-refractivity contribution in [1.82, 2.24) is 4.98 Å². The number of fused-ring (bicyclic) bond motifs is 1. The van der Waals surface area contributed by atoms with Crippen LogP contribution in [0.4, 0.5) is 11.7 Å². The summed E-state index contributed by atoms with van der Waals surface area (Å²) in [5, 5.41) is 5.95. The first kappa shape index (κ1) is 16.7. The molecule has 7 heteroatoms. The lowest BCUT2D eigenvalue weighted by Gasteiger charge is -2.03. The van der Waals surface area contributed by atoms with Gasteiger partial charge in [-0.2, -0.15) is 4.98 Å². The summed E-state index contributed by atoms with van der Waals surface area (Å²) in [4.78, 5) is 16.7. The number of amides is 1. The van der Waals surface area contributed by atoms with E-state index in [1.807, 2.05) is 18.2 Å². The number of carbonyl (C=O) groups excluding carboxylic acids is 1. The summed E-state index contributed by atoms with van der Waals surface area (Å²) in [6.07, 6.45) is 3.32. The van der Waals surface area contributed by atoms with Crippen molar-refractivity contribution in [2.24, 2.45) is 0 Å². The molecule has 0 saturated carbocycles. The molecule has 0 bridgehead atoms. The highest BCUT2D eigenvalue weighted by Gasteiger charge is 2.12. The number of aromatic nitrogens is 1. The van der Waals surface area contributed by atoms with Crippen LogP contribution in [0.1, 0.15) is 15.9 Å². The Bertz CT molecular complexity index is 1070. The van der Waals surface area contributed by atoms with Crippen molar-refractivity contribution in [1.29, 1.82) is 0 Å². The van der Waals surface area contributed by atoms with E-state index in [-0.39, 0.29) is 11.9 Å². The largest absolute Gasteiger partial charge is 0.497 e. The minimum atomic E-state index is -0.321. The van der Waals surface area contributed by atoms with Crippen LogP contribution in [0.3, 0.4) is 0 Å². The predicted octanol–water partition coefficient (Wildman–Crippen LogP) is 4.29. The van der Waals surface area contributed by atoms with E-state index in [1.54, 1.807) is 50.0 Å². The molecule has 1 amide bonds. The number of anilines is 2. The number of hydrogen-bond donors (Lipinski definition) is 2. The van der Waals surface area contributed by atoms with E-state index >= 15 is 0 Å². The third-order valence-corrected chi connectivity index (χ3v) is 4.02. The van der Waals surface area contributed by atoms with Crippen LogP contribution < -0.4 is 15.4 Å². The maximum atomic E-state index is 12.4. The Morgan fingerprint density at radius 2 is 2.11 bits per heavy atom. The number of nitrogens with zero attached hydrogens (tertiary/aromatic N) is 1. The molecule has 7 nitrogen and oxygen atoms in total. The van der Waals surface area contributed by atoms with E-state index in [0.29, 0.717) is 29.0 Å². The average molecular weight is 363 g/mol. The smallest absolute Gasteiger partial charge is 0.302 e. The summed E-state index contributed by atoms with van der Waals surface area (Å²) in [5.41, 5.74) is 3.63. The molecule has 0 atom stereocenters. The minimum Gasteiger partial charge on any atom is -0.497 e. The molecular weight excluding hydrogens is 346 g/mol. The molecule has 0 radical (unpaired) electrons. The number of methoxy groups -OCH3 is 1. The average Bonchev–Trinajstić information content (AvgIpc) is 3.35. The quantitative estimate of drug-likeness (QED) is 0.531. The SMILES string of the molecule is COc1cccc(C(=O)Nc2nc3cc(NCc4ccoc4)ccc3o2)c1. The minimum absolute atomic E-state index is 0.143. The first-order valence-electron chi connectivity index (χ1n) is 8.32. The summed E-state index contributed by atoms with van der Waals surface area (Å²) < 4.78 is 15.8. The highest BCUT2D eigenvalue weighted by Crippen LogP contribution is 2.23. The van der Waals surface area contributed by atoms with Crippen LogP contribution in [0, 0.1) is 0 Å². The van der Waals surface area contributed by atoms with E-state index in [2.05, 4.69) is 15.6 Å². The van der Waals surface area contributed by atoms with Crippen molar-refractivity contribution in [3.8, 4) is 5.75 Å². The summed E-state index contributed by atoms with van der Waals surface area (Å²) in [6.45, 7) is 0.638. The highest BCUT2D eigenvalue weighted by atomic mass is 16.5. The number of oxazole rings is 1. The summed E-state index contributed by atoms with van der Waals surface area (Å²) in [5.74, 6) is 0.285. The van der Waals surface area contributed by atoms with Gasteiger partial charge in [-0.15, -0.1) is 0 Å². The molecule has 0 saturated heterocycles. The second kappa shape index (κ2) is 7.25.